The van der Waals surface area contributed by atoms with E-state index in [-0.39, 0.29) is 0 Å². The molecule has 4 nitrogen and oxygen atoms in total. The van der Waals surface area contributed by atoms with Gasteiger partial charge in [0.1, 0.15) is 10.9 Å². The van der Waals surface area contributed by atoms with Crippen LogP contribution in [0, 0.1) is 0 Å². The zero-order chi connectivity index (χ0) is 12.2. The summed E-state index contributed by atoms with van der Waals surface area (Å²) in [5.74, 6) is 0.0624. The number of esters is 1. The zero-order valence-electron chi connectivity index (χ0n) is 9.49. The molecule has 0 aliphatic rings. The maximum Gasteiger partial charge on any atom is 0.349 e. The Morgan fingerprint density at radius 2 is 2.19 bits per heavy atom. The lowest BCUT2D eigenvalue weighted by molar-refractivity contribution is -0.158. The highest BCUT2D eigenvalue weighted by atomic mass is 35.5. The van der Waals surface area contributed by atoms with Gasteiger partial charge >= 0.3 is 5.97 Å². The first-order valence-electron chi connectivity index (χ1n) is 4.93. The average Bonchev–Trinajstić information content (AvgIpc) is 2.21. The topological polar surface area (TPSA) is 48.4 Å². The Balaban J connectivity index is 2.72. The van der Waals surface area contributed by atoms with Gasteiger partial charge in [-0.3, -0.25) is 0 Å². The van der Waals surface area contributed by atoms with E-state index in [0.717, 1.165) is 0 Å². The Kier molecular flexibility index (Phi) is 4.12. The molecule has 1 aromatic heterocycles. The van der Waals surface area contributed by atoms with Crippen molar-refractivity contribution < 1.29 is 14.3 Å². The normalized spacial score (nSPS) is 11.0. The van der Waals surface area contributed by atoms with Gasteiger partial charge in [0.05, 0.1) is 12.8 Å². The van der Waals surface area contributed by atoms with E-state index >= 15 is 0 Å². The number of carbonyl (C=O) groups is 1. The molecule has 0 aliphatic heterocycles. The number of hydrogen-bond donors (Lipinski definition) is 0. The van der Waals surface area contributed by atoms with Crippen LogP contribution in [0.3, 0.4) is 0 Å². The van der Waals surface area contributed by atoms with Crippen LogP contribution in [0.15, 0.2) is 18.3 Å². The van der Waals surface area contributed by atoms with E-state index in [1.165, 1.54) is 6.20 Å². The first-order chi connectivity index (χ1) is 7.45. The lowest BCUT2D eigenvalue weighted by Gasteiger charge is -2.23. The van der Waals surface area contributed by atoms with Crippen LogP contribution in [0.25, 0.3) is 0 Å². The van der Waals surface area contributed by atoms with Crippen molar-refractivity contribution in [1.82, 2.24) is 4.98 Å². The highest BCUT2D eigenvalue weighted by Gasteiger charge is 2.31. The van der Waals surface area contributed by atoms with Gasteiger partial charge in [0.15, 0.2) is 5.60 Å². The van der Waals surface area contributed by atoms with E-state index in [1.54, 1.807) is 32.9 Å². The van der Waals surface area contributed by atoms with E-state index < -0.39 is 11.6 Å². The van der Waals surface area contributed by atoms with Crippen molar-refractivity contribution in [3.05, 3.63) is 23.5 Å². The van der Waals surface area contributed by atoms with E-state index in [2.05, 4.69) is 4.98 Å². The molecular weight excluding hydrogens is 230 g/mol. The molecule has 0 bridgehead atoms. The van der Waals surface area contributed by atoms with Crippen LogP contribution >= 0.6 is 11.6 Å². The van der Waals surface area contributed by atoms with Gasteiger partial charge < -0.3 is 9.47 Å². The zero-order valence-corrected chi connectivity index (χ0v) is 10.2. The van der Waals surface area contributed by atoms with Crippen LogP contribution in [0.5, 0.6) is 5.75 Å². The Bertz CT molecular complexity index is 362. The first kappa shape index (κ1) is 12.8. The standard InChI is InChI=1S/C11H14ClNO3/c1-4-15-10(14)11(2,3)16-8-5-6-9(12)13-7-8/h5-7H,4H2,1-3H3. The van der Waals surface area contributed by atoms with Gasteiger partial charge in [-0.25, -0.2) is 9.78 Å². The van der Waals surface area contributed by atoms with Gasteiger partial charge in [0, 0.05) is 0 Å². The molecule has 0 saturated heterocycles. The minimum Gasteiger partial charge on any atom is -0.475 e. The molecule has 0 N–H and O–H groups in total. The first-order valence-corrected chi connectivity index (χ1v) is 5.31. The lowest BCUT2D eigenvalue weighted by atomic mass is 10.1. The molecule has 1 heterocycles. The van der Waals surface area contributed by atoms with Gasteiger partial charge in [0.25, 0.3) is 0 Å². The molecule has 0 amide bonds. The molecule has 0 aliphatic carbocycles. The summed E-state index contributed by atoms with van der Waals surface area (Å²) in [5.41, 5.74) is -1.04. The summed E-state index contributed by atoms with van der Waals surface area (Å²) in [7, 11) is 0. The SMILES string of the molecule is CCOC(=O)C(C)(C)Oc1ccc(Cl)nc1. The lowest BCUT2D eigenvalue weighted by Crippen LogP contribution is -2.39. The van der Waals surface area contributed by atoms with E-state index in [1.807, 2.05) is 0 Å². The number of hydrogen-bond acceptors (Lipinski definition) is 4. The van der Waals surface area contributed by atoms with E-state index in [0.29, 0.717) is 17.5 Å². The van der Waals surface area contributed by atoms with Crippen molar-refractivity contribution in [1.29, 1.82) is 0 Å². The summed E-state index contributed by atoms with van der Waals surface area (Å²) in [6.45, 7) is 5.35. The second-order valence-electron chi connectivity index (χ2n) is 3.65. The maximum absolute atomic E-state index is 11.5. The minimum atomic E-state index is -1.04. The highest BCUT2D eigenvalue weighted by Crippen LogP contribution is 2.19. The summed E-state index contributed by atoms with van der Waals surface area (Å²) in [5, 5.41) is 0.376. The third-order valence-corrected chi connectivity index (χ3v) is 2.06. The smallest absolute Gasteiger partial charge is 0.349 e. The van der Waals surface area contributed by atoms with Gasteiger partial charge in [0.2, 0.25) is 0 Å². The summed E-state index contributed by atoms with van der Waals surface area (Å²) >= 11 is 5.64. The third kappa shape index (κ3) is 3.38. The fraction of sp³-hybridized carbons (Fsp3) is 0.455. The number of halogens is 1. The van der Waals surface area contributed by atoms with Gasteiger partial charge in [-0.05, 0) is 32.9 Å². The van der Waals surface area contributed by atoms with Crippen LogP contribution in [0.1, 0.15) is 20.8 Å². The van der Waals surface area contributed by atoms with Crippen molar-refractivity contribution in [2.24, 2.45) is 0 Å². The van der Waals surface area contributed by atoms with Crippen molar-refractivity contribution in [3.63, 3.8) is 0 Å². The van der Waals surface area contributed by atoms with Crippen LogP contribution < -0.4 is 4.74 Å². The summed E-state index contributed by atoms with van der Waals surface area (Å²) < 4.78 is 10.4. The third-order valence-electron chi connectivity index (χ3n) is 1.84. The fourth-order valence-electron chi connectivity index (χ4n) is 1.06. The molecular formula is C11H14ClNO3. The largest absolute Gasteiger partial charge is 0.475 e. The predicted octanol–water partition coefficient (Wildman–Crippen LogP) is 2.46. The second-order valence-corrected chi connectivity index (χ2v) is 4.04. The number of rotatable bonds is 4. The van der Waals surface area contributed by atoms with E-state index in [4.69, 9.17) is 21.1 Å². The van der Waals surface area contributed by atoms with Gasteiger partial charge in [-0.2, -0.15) is 0 Å². The molecule has 16 heavy (non-hydrogen) atoms. The molecule has 88 valence electrons. The number of carbonyl (C=O) groups excluding carboxylic acids is 1. The molecule has 1 rings (SSSR count). The van der Waals surface area contributed by atoms with E-state index in [9.17, 15) is 4.79 Å². The Morgan fingerprint density at radius 3 is 2.69 bits per heavy atom. The highest BCUT2D eigenvalue weighted by molar-refractivity contribution is 6.29. The predicted molar refractivity (Wildman–Crippen MR) is 60.6 cm³/mol. The van der Waals surface area contributed by atoms with Crippen LogP contribution in [-0.2, 0) is 9.53 Å². The number of ether oxygens (including phenoxy) is 2. The molecule has 0 atom stereocenters. The van der Waals surface area contributed by atoms with Crippen LogP contribution in [-0.4, -0.2) is 23.2 Å². The summed E-state index contributed by atoms with van der Waals surface area (Å²) in [4.78, 5) is 15.4. The van der Waals surface area contributed by atoms with Crippen LogP contribution in [0.4, 0.5) is 0 Å². The monoisotopic (exact) mass is 243 g/mol. The minimum absolute atomic E-state index is 0.324. The summed E-state index contributed by atoms with van der Waals surface area (Å²) in [6, 6.07) is 3.24. The second kappa shape index (κ2) is 5.16. The fourth-order valence-corrected chi connectivity index (χ4v) is 1.18. The molecule has 0 spiro atoms. The molecule has 1 aromatic rings. The van der Waals surface area contributed by atoms with Crippen molar-refractivity contribution in [2.75, 3.05) is 6.61 Å². The Labute approximate surface area is 99.5 Å². The number of nitrogens with zero attached hydrogens (tertiary/aromatic N) is 1. The van der Waals surface area contributed by atoms with Crippen LogP contribution in [0.2, 0.25) is 5.15 Å². The van der Waals surface area contributed by atoms with Crippen molar-refractivity contribution >= 4 is 17.6 Å². The number of aromatic nitrogens is 1. The molecule has 0 unspecified atom stereocenters. The number of pyridine rings is 1. The summed E-state index contributed by atoms with van der Waals surface area (Å²) in [6.07, 6.45) is 1.46. The maximum atomic E-state index is 11.5. The quantitative estimate of drug-likeness (QED) is 0.602. The van der Waals surface area contributed by atoms with Gasteiger partial charge in [-0.15, -0.1) is 0 Å². The molecule has 0 aromatic carbocycles. The Morgan fingerprint density at radius 1 is 1.50 bits per heavy atom. The Hall–Kier alpha value is -1.29. The molecule has 0 fully saturated rings. The van der Waals surface area contributed by atoms with Crippen molar-refractivity contribution in [3.8, 4) is 5.75 Å². The molecule has 5 heteroatoms. The molecule has 0 radical (unpaired) electrons. The molecule has 0 saturated carbocycles. The average molecular weight is 244 g/mol. The van der Waals surface area contributed by atoms with Gasteiger partial charge in [-0.1, -0.05) is 11.6 Å². The van der Waals surface area contributed by atoms with Crippen molar-refractivity contribution in [2.45, 2.75) is 26.4 Å².